The minimum Gasteiger partial charge on any atom is -0.497 e. The molecule has 0 heterocycles. The van der Waals surface area contributed by atoms with E-state index in [9.17, 15) is 10.1 Å². The van der Waals surface area contributed by atoms with Crippen LogP contribution < -0.4 is 15.4 Å². The number of benzene rings is 3. The molecule has 5 heteroatoms. The van der Waals surface area contributed by atoms with Gasteiger partial charge in [0.2, 0.25) is 0 Å². The van der Waals surface area contributed by atoms with E-state index in [-0.39, 0.29) is 11.6 Å². The Morgan fingerprint density at radius 2 is 1.53 bits per heavy atom. The summed E-state index contributed by atoms with van der Waals surface area (Å²) in [6, 6.07) is 29.0. The SMILES string of the molecule is COc1ccc(CNC(=O)/C(C#N)=C\NC(c2ccccc2)c2ccccc2)cc1. The second kappa shape index (κ2) is 10.5. The third-order valence-electron chi connectivity index (χ3n) is 4.64. The molecule has 0 bridgehead atoms. The van der Waals surface area contributed by atoms with Crippen molar-refractivity contribution in [2.75, 3.05) is 7.11 Å². The topological polar surface area (TPSA) is 74.1 Å². The van der Waals surface area contributed by atoms with Crippen molar-refractivity contribution in [2.24, 2.45) is 0 Å². The first kappa shape index (κ1) is 20.7. The predicted octanol–water partition coefficient (Wildman–Crippen LogP) is 4.10. The highest BCUT2D eigenvalue weighted by Gasteiger charge is 2.14. The van der Waals surface area contributed by atoms with Gasteiger partial charge in [-0.25, -0.2) is 0 Å². The zero-order chi connectivity index (χ0) is 21.2. The van der Waals surface area contributed by atoms with Crippen LogP contribution in [-0.2, 0) is 11.3 Å². The van der Waals surface area contributed by atoms with Crippen molar-refractivity contribution >= 4 is 5.91 Å². The van der Waals surface area contributed by atoms with Crippen molar-refractivity contribution in [3.8, 4) is 11.8 Å². The fourth-order valence-corrected chi connectivity index (χ4v) is 3.01. The maximum Gasteiger partial charge on any atom is 0.263 e. The summed E-state index contributed by atoms with van der Waals surface area (Å²) in [5.41, 5.74) is 3.01. The largest absolute Gasteiger partial charge is 0.497 e. The molecular formula is C25H23N3O2. The summed E-state index contributed by atoms with van der Waals surface area (Å²) in [6.07, 6.45) is 1.48. The summed E-state index contributed by atoms with van der Waals surface area (Å²) in [5.74, 6) is 0.320. The second-order valence-electron chi connectivity index (χ2n) is 6.62. The lowest BCUT2D eigenvalue weighted by atomic mass is 9.99. The third kappa shape index (κ3) is 5.49. The number of hydrogen-bond acceptors (Lipinski definition) is 4. The van der Waals surface area contributed by atoms with E-state index < -0.39 is 5.91 Å². The highest BCUT2D eigenvalue weighted by atomic mass is 16.5. The van der Waals surface area contributed by atoms with E-state index >= 15 is 0 Å². The van der Waals surface area contributed by atoms with Gasteiger partial charge in [0, 0.05) is 12.7 Å². The molecule has 0 aromatic heterocycles. The van der Waals surface area contributed by atoms with Gasteiger partial charge in [-0.05, 0) is 28.8 Å². The molecule has 0 spiro atoms. The quantitative estimate of drug-likeness (QED) is 0.443. The summed E-state index contributed by atoms with van der Waals surface area (Å²) >= 11 is 0. The van der Waals surface area contributed by atoms with E-state index in [1.807, 2.05) is 91.0 Å². The molecule has 0 unspecified atom stereocenters. The molecule has 0 radical (unpaired) electrons. The van der Waals surface area contributed by atoms with Crippen molar-refractivity contribution in [3.63, 3.8) is 0 Å². The first-order chi connectivity index (χ1) is 14.7. The van der Waals surface area contributed by atoms with Crippen LogP contribution in [0.15, 0.2) is 96.7 Å². The minimum atomic E-state index is -0.430. The van der Waals surface area contributed by atoms with E-state index in [0.29, 0.717) is 6.54 Å². The van der Waals surface area contributed by atoms with E-state index in [1.165, 1.54) is 6.20 Å². The maximum atomic E-state index is 12.5. The molecule has 0 fully saturated rings. The van der Waals surface area contributed by atoms with Gasteiger partial charge in [0.05, 0.1) is 13.2 Å². The Balaban J connectivity index is 1.71. The van der Waals surface area contributed by atoms with Gasteiger partial charge in [0.1, 0.15) is 17.4 Å². The van der Waals surface area contributed by atoms with Crippen molar-refractivity contribution < 1.29 is 9.53 Å². The maximum absolute atomic E-state index is 12.5. The minimum absolute atomic E-state index is 0.0142. The summed E-state index contributed by atoms with van der Waals surface area (Å²) in [6.45, 7) is 0.322. The van der Waals surface area contributed by atoms with Crippen molar-refractivity contribution in [1.29, 1.82) is 5.26 Å². The van der Waals surface area contributed by atoms with Gasteiger partial charge in [0.15, 0.2) is 0 Å². The molecule has 0 aliphatic heterocycles. The Bertz CT molecular complexity index is 984. The summed E-state index contributed by atoms with van der Waals surface area (Å²) < 4.78 is 5.13. The first-order valence-electron chi connectivity index (χ1n) is 9.58. The van der Waals surface area contributed by atoms with Gasteiger partial charge in [-0.15, -0.1) is 0 Å². The van der Waals surface area contributed by atoms with Gasteiger partial charge >= 0.3 is 0 Å². The van der Waals surface area contributed by atoms with E-state index in [0.717, 1.165) is 22.4 Å². The number of carbonyl (C=O) groups is 1. The molecule has 0 atom stereocenters. The molecule has 30 heavy (non-hydrogen) atoms. The number of ether oxygens (including phenoxy) is 1. The summed E-state index contributed by atoms with van der Waals surface area (Å²) in [4.78, 5) is 12.5. The molecule has 1 amide bonds. The molecule has 0 aliphatic rings. The summed E-state index contributed by atoms with van der Waals surface area (Å²) in [5, 5.41) is 15.5. The average Bonchev–Trinajstić information content (AvgIpc) is 2.82. The van der Waals surface area contributed by atoms with Crippen molar-refractivity contribution in [2.45, 2.75) is 12.6 Å². The lowest BCUT2D eigenvalue weighted by Gasteiger charge is -2.19. The molecule has 3 aromatic carbocycles. The van der Waals surface area contributed by atoms with Crippen LogP contribution >= 0.6 is 0 Å². The Morgan fingerprint density at radius 3 is 2.03 bits per heavy atom. The third-order valence-corrected chi connectivity index (χ3v) is 4.64. The molecule has 5 nitrogen and oxygen atoms in total. The molecule has 2 N–H and O–H groups in total. The van der Waals surface area contributed by atoms with Crippen molar-refractivity contribution in [1.82, 2.24) is 10.6 Å². The van der Waals surface area contributed by atoms with E-state index in [4.69, 9.17) is 4.74 Å². The van der Waals surface area contributed by atoms with E-state index in [2.05, 4.69) is 10.6 Å². The zero-order valence-corrected chi connectivity index (χ0v) is 16.7. The fourth-order valence-electron chi connectivity index (χ4n) is 3.01. The zero-order valence-electron chi connectivity index (χ0n) is 16.7. The molecule has 0 saturated heterocycles. The summed E-state index contributed by atoms with van der Waals surface area (Å²) in [7, 11) is 1.60. The number of nitrogens with one attached hydrogen (secondary N) is 2. The Labute approximate surface area is 176 Å². The molecule has 3 rings (SSSR count). The smallest absolute Gasteiger partial charge is 0.263 e. The van der Waals surface area contributed by atoms with Crippen LogP contribution in [0.3, 0.4) is 0 Å². The molecule has 3 aromatic rings. The Morgan fingerprint density at radius 1 is 0.967 bits per heavy atom. The monoisotopic (exact) mass is 397 g/mol. The van der Waals surface area contributed by atoms with Crippen molar-refractivity contribution in [3.05, 3.63) is 113 Å². The first-order valence-corrected chi connectivity index (χ1v) is 9.58. The number of hydrogen-bond donors (Lipinski definition) is 2. The van der Waals surface area contributed by atoms with Crippen LogP contribution in [0.4, 0.5) is 0 Å². The highest BCUT2D eigenvalue weighted by molar-refractivity contribution is 5.97. The van der Waals surface area contributed by atoms with Gasteiger partial charge in [0.25, 0.3) is 5.91 Å². The second-order valence-corrected chi connectivity index (χ2v) is 6.62. The number of nitriles is 1. The number of carbonyl (C=O) groups excluding carboxylic acids is 1. The van der Waals surface area contributed by atoms with Gasteiger partial charge in [-0.1, -0.05) is 72.8 Å². The highest BCUT2D eigenvalue weighted by Crippen LogP contribution is 2.22. The van der Waals surface area contributed by atoms with Crippen LogP contribution in [0.25, 0.3) is 0 Å². The van der Waals surface area contributed by atoms with Crippen LogP contribution in [0.1, 0.15) is 22.7 Å². The predicted molar refractivity (Wildman–Crippen MR) is 116 cm³/mol. The average molecular weight is 397 g/mol. The van der Waals surface area contributed by atoms with Crippen LogP contribution in [0.2, 0.25) is 0 Å². The molecule has 150 valence electrons. The van der Waals surface area contributed by atoms with Gasteiger partial charge in [-0.2, -0.15) is 5.26 Å². The van der Waals surface area contributed by atoms with E-state index in [1.54, 1.807) is 7.11 Å². The van der Waals surface area contributed by atoms with Crippen LogP contribution in [0, 0.1) is 11.3 Å². The van der Waals surface area contributed by atoms with Crippen LogP contribution in [0.5, 0.6) is 5.75 Å². The fraction of sp³-hybridized carbons (Fsp3) is 0.120. The Hall–Kier alpha value is -4.04. The standard InChI is InChI=1S/C25H23N3O2/c1-30-23-14-12-19(13-15-23)17-28-25(29)22(16-26)18-27-24(20-8-4-2-5-9-20)21-10-6-3-7-11-21/h2-15,18,24,27H,17H2,1H3,(H,28,29)/b22-18-. The van der Waals surface area contributed by atoms with Crippen LogP contribution in [-0.4, -0.2) is 13.0 Å². The lowest BCUT2D eigenvalue weighted by molar-refractivity contribution is -0.117. The molecule has 0 saturated carbocycles. The van der Waals surface area contributed by atoms with Gasteiger partial charge in [-0.3, -0.25) is 4.79 Å². The number of methoxy groups -OCH3 is 1. The molecular weight excluding hydrogens is 374 g/mol. The normalized spacial score (nSPS) is 10.9. The number of amides is 1. The van der Waals surface area contributed by atoms with Gasteiger partial charge < -0.3 is 15.4 Å². The number of nitrogens with zero attached hydrogens (tertiary/aromatic N) is 1. The molecule has 0 aliphatic carbocycles. The number of rotatable bonds is 8. The Kier molecular flexibility index (Phi) is 7.23. The lowest BCUT2D eigenvalue weighted by Crippen LogP contribution is -2.26.